The number of non-ortho nitro benzene ring substituents is 1. The summed E-state index contributed by atoms with van der Waals surface area (Å²) in [4.78, 5) is 12.3. The van der Waals surface area contributed by atoms with E-state index in [0.717, 1.165) is 0 Å². The fraction of sp³-hybridized carbons (Fsp3) is 0.500. The van der Waals surface area contributed by atoms with E-state index in [-0.39, 0.29) is 11.2 Å². The molecule has 1 saturated heterocycles. The number of thiocarbonyl (C=S) groups is 1. The lowest BCUT2D eigenvalue weighted by Crippen LogP contribution is -2.67. The molecule has 1 aromatic carbocycles. The minimum atomic E-state index is -0.755. The van der Waals surface area contributed by atoms with Crippen LogP contribution in [-0.4, -0.2) is 28.4 Å². The van der Waals surface area contributed by atoms with E-state index < -0.39 is 10.6 Å². The minimum Gasteiger partial charge on any atom is -0.397 e. The van der Waals surface area contributed by atoms with Gasteiger partial charge in [0.1, 0.15) is 5.72 Å². The van der Waals surface area contributed by atoms with Crippen LogP contribution in [0.15, 0.2) is 18.2 Å². The number of hydrogen-bond acceptors (Lipinski definition) is 5. The molecule has 0 bridgehead atoms. The molecule has 1 fully saturated rings. The van der Waals surface area contributed by atoms with Crippen molar-refractivity contribution in [2.75, 3.05) is 17.7 Å². The van der Waals surface area contributed by atoms with Crippen molar-refractivity contribution >= 4 is 34.4 Å². The van der Waals surface area contributed by atoms with Crippen LogP contribution in [0.25, 0.3) is 0 Å². The third-order valence-electron chi connectivity index (χ3n) is 3.80. The zero-order valence-electron chi connectivity index (χ0n) is 13.0. The van der Waals surface area contributed by atoms with Gasteiger partial charge in [0.05, 0.1) is 16.3 Å². The van der Waals surface area contributed by atoms with E-state index in [1.807, 2.05) is 20.8 Å². The van der Waals surface area contributed by atoms with Crippen molar-refractivity contribution in [2.24, 2.45) is 0 Å². The van der Waals surface area contributed by atoms with E-state index in [1.165, 1.54) is 18.2 Å². The molecule has 0 radical (unpaired) electrons. The van der Waals surface area contributed by atoms with Gasteiger partial charge in [0.25, 0.3) is 5.69 Å². The first-order valence-electron chi connectivity index (χ1n) is 6.81. The smallest absolute Gasteiger partial charge is 0.271 e. The summed E-state index contributed by atoms with van der Waals surface area (Å²) < 4.78 is 5.68. The van der Waals surface area contributed by atoms with Crippen molar-refractivity contribution < 1.29 is 9.66 Å². The van der Waals surface area contributed by atoms with Crippen LogP contribution in [0.2, 0.25) is 0 Å². The van der Waals surface area contributed by atoms with Gasteiger partial charge in [-0.05, 0) is 39.1 Å². The van der Waals surface area contributed by atoms with Gasteiger partial charge < -0.3 is 15.8 Å². The molecule has 0 amide bonds. The molecule has 0 saturated carbocycles. The summed E-state index contributed by atoms with van der Waals surface area (Å²) >= 11 is 5.45. The van der Waals surface area contributed by atoms with Crippen LogP contribution in [0.1, 0.15) is 27.2 Å². The molecule has 0 spiro atoms. The highest BCUT2D eigenvalue weighted by molar-refractivity contribution is 7.80. The zero-order valence-corrected chi connectivity index (χ0v) is 13.9. The first-order valence-corrected chi connectivity index (χ1v) is 7.22. The van der Waals surface area contributed by atoms with Gasteiger partial charge in [-0.1, -0.05) is 0 Å². The number of rotatable bonds is 3. The lowest BCUT2D eigenvalue weighted by Gasteiger charge is -2.51. The van der Waals surface area contributed by atoms with Crippen LogP contribution >= 0.6 is 12.2 Å². The maximum absolute atomic E-state index is 11.0. The number of nitrogens with two attached hydrogens (primary N) is 1. The Kier molecular flexibility index (Phi) is 4.01. The normalized spacial score (nSPS) is 24.0. The first-order chi connectivity index (χ1) is 10.1. The van der Waals surface area contributed by atoms with Crippen LogP contribution < -0.4 is 16.0 Å². The summed E-state index contributed by atoms with van der Waals surface area (Å²) in [7, 11) is 1.59. The minimum absolute atomic E-state index is 0.0460. The van der Waals surface area contributed by atoms with E-state index in [4.69, 9.17) is 22.7 Å². The molecule has 2 rings (SSSR count). The van der Waals surface area contributed by atoms with Gasteiger partial charge in [0, 0.05) is 31.2 Å². The summed E-state index contributed by atoms with van der Waals surface area (Å²) in [6.45, 7) is 5.93. The van der Waals surface area contributed by atoms with Gasteiger partial charge in [-0.2, -0.15) is 0 Å². The highest BCUT2D eigenvalue weighted by atomic mass is 32.1. The Bertz CT molecular complexity index is 635. The van der Waals surface area contributed by atoms with Crippen LogP contribution in [-0.2, 0) is 4.74 Å². The fourth-order valence-electron chi connectivity index (χ4n) is 2.87. The van der Waals surface area contributed by atoms with Crippen LogP contribution in [0, 0.1) is 10.1 Å². The summed E-state index contributed by atoms with van der Waals surface area (Å²) in [5.74, 6) is 0. The van der Waals surface area contributed by atoms with Gasteiger partial charge in [-0.15, -0.1) is 0 Å². The molecule has 120 valence electrons. The van der Waals surface area contributed by atoms with Gasteiger partial charge in [-0.25, -0.2) is 0 Å². The second-order valence-corrected chi connectivity index (χ2v) is 6.59. The van der Waals surface area contributed by atoms with Gasteiger partial charge >= 0.3 is 0 Å². The second-order valence-electron chi connectivity index (χ2n) is 6.21. The monoisotopic (exact) mass is 324 g/mol. The number of benzene rings is 1. The molecule has 8 heteroatoms. The van der Waals surface area contributed by atoms with E-state index >= 15 is 0 Å². The summed E-state index contributed by atoms with van der Waals surface area (Å²) in [5, 5.41) is 14.7. The Morgan fingerprint density at radius 2 is 2.09 bits per heavy atom. The van der Waals surface area contributed by atoms with E-state index in [0.29, 0.717) is 22.9 Å². The van der Waals surface area contributed by atoms with Crippen LogP contribution in [0.4, 0.5) is 17.1 Å². The van der Waals surface area contributed by atoms with Gasteiger partial charge in [0.2, 0.25) is 0 Å². The maximum atomic E-state index is 11.0. The molecule has 1 aromatic rings. The number of anilines is 2. The summed E-state index contributed by atoms with van der Waals surface area (Å²) in [6.07, 6.45) is 0.624. The average Bonchev–Trinajstić information content (AvgIpc) is 2.38. The molecule has 1 heterocycles. The Morgan fingerprint density at radius 3 is 2.64 bits per heavy atom. The molecule has 1 atom stereocenters. The number of hydrogen-bond donors (Lipinski definition) is 2. The number of nitro groups is 1. The quantitative estimate of drug-likeness (QED) is 0.381. The standard InChI is InChI=1S/C14H20N4O3S/c1-13(2)8-14(3,21-4)17(12(22)16-13)11-7-9(18(19)20)5-6-10(11)15/h5-7H,8,15H2,1-4H3,(H,16,22). The third-order valence-corrected chi connectivity index (χ3v) is 4.08. The topological polar surface area (TPSA) is 93.7 Å². The average molecular weight is 324 g/mol. The number of nitrogens with one attached hydrogen (secondary N) is 1. The largest absolute Gasteiger partial charge is 0.397 e. The molecular weight excluding hydrogens is 304 g/mol. The summed E-state index contributed by atoms with van der Waals surface area (Å²) in [5.41, 5.74) is 5.83. The van der Waals surface area contributed by atoms with Crippen molar-refractivity contribution in [2.45, 2.75) is 38.5 Å². The maximum Gasteiger partial charge on any atom is 0.271 e. The predicted octanol–water partition coefficient (Wildman–Crippen LogP) is 2.40. The molecule has 1 aliphatic heterocycles. The highest BCUT2D eigenvalue weighted by Crippen LogP contribution is 2.39. The van der Waals surface area contributed by atoms with Crippen molar-refractivity contribution in [1.82, 2.24) is 5.32 Å². The lowest BCUT2D eigenvalue weighted by molar-refractivity contribution is -0.384. The predicted molar refractivity (Wildman–Crippen MR) is 89.8 cm³/mol. The zero-order chi connectivity index (χ0) is 16.7. The van der Waals surface area contributed by atoms with E-state index in [9.17, 15) is 10.1 Å². The van der Waals surface area contributed by atoms with Gasteiger partial charge in [0.15, 0.2) is 5.11 Å². The number of methoxy groups -OCH3 is 1. The molecule has 0 aliphatic carbocycles. The molecule has 1 unspecified atom stereocenters. The van der Waals surface area contributed by atoms with Crippen molar-refractivity contribution in [3.8, 4) is 0 Å². The molecule has 3 N–H and O–H groups in total. The SMILES string of the molecule is COC1(C)CC(C)(C)NC(=S)N1c1cc([N+](=O)[O-])ccc1N. The first kappa shape index (κ1) is 16.4. The van der Waals surface area contributed by atoms with Crippen molar-refractivity contribution in [1.29, 1.82) is 0 Å². The molecule has 1 aliphatic rings. The Hall–Kier alpha value is -1.93. The molecular formula is C14H20N4O3S. The highest BCUT2D eigenvalue weighted by Gasteiger charge is 2.46. The number of nitro benzene ring substituents is 1. The van der Waals surface area contributed by atoms with Gasteiger partial charge in [-0.3, -0.25) is 15.0 Å². The fourth-order valence-corrected chi connectivity index (χ4v) is 3.44. The Morgan fingerprint density at radius 1 is 1.45 bits per heavy atom. The molecule has 0 aromatic heterocycles. The lowest BCUT2D eigenvalue weighted by atomic mass is 9.89. The van der Waals surface area contributed by atoms with E-state index in [1.54, 1.807) is 12.0 Å². The second kappa shape index (κ2) is 5.36. The summed E-state index contributed by atoms with van der Waals surface area (Å²) in [6, 6.07) is 4.29. The van der Waals surface area contributed by atoms with Crippen molar-refractivity contribution in [3.05, 3.63) is 28.3 Å². The van der Waals surface area contributed by atoms with Crippen molar-refractivity contribution in [3.63, 3.8) is 0 Å². The van der Waals surface area contributed by atoms with E-state index in [2.05, 4.69) is 5.32 Å². The Balaban J connectivity index is 2.56. The number of nitrogen functional groups attached to an aromatic ring is 1. The van der Waals surface area contributed by atoms with Crippen LogP contribution in [0.5, 0.6) is 0 Å². The third kappa shape index (κ3) is 2.84. The number of nitrogens with zero attached hydrogens (tertiary/aromatic N) is 2. The van der Waals surface area contributed by atoms with Crippen LogP contribution in [0.3, 0.4) is 0 Å². The molecule has 22 heavy (non-hydrogen) atoms. The Labute approximate surface area is 134 Å². The molecule has 7 nitrogen and oxygen atoms in total. The number of ether oxygens (including phenoxy) is 1.